The molecule has 1 aliphatic rings. The Morgan fingerprint density at radius 1 is 1.04 bits per heavy atom. The smallest absolute Gasteiger partial charge is 0.279 e. The normalized spacial score (nSPS) is 20.0. The fraction of sp³-hybridized carbons (Fsp3) is 0.476. The van der Waals surface area contributed by atoms with Crippen LogP contribution >= 0.6 is 0 Å². The third kappa shape index (κ3) is 4.67. The fourth-order valence-electron chi connectivity index (χ4n) is 3.57. The summed E-state index contributed by atoms with van der Waals surface area (Å²) in [6.07, 6.45) is 4.43. The van der Waals surface area contributed by atoms with E-state index in [9.17, 15) is 5.21 Å². The molecule has 0 atom stereocenters. The number of nitrogens with one attached hydrogen (secondary N) is 2. The fourth-order valence-corrected chi connectivity index (χ4v) is 3.57. The molecule has 26 heavy (non-hydrogen) atoms. The lowest BCUT2D eigenvalue weighted by molar-refractivity contribution is -0.597. The maximum absolute atomic E-state index is 12.4. The molecule has 1 saturated carbocycles. The number of anilines is 2. The van der Waals surface area contributed by atoms with Crippen LogP contribution in [0, 0.1) is 12.1 Å². The molecule has 5 nitrogen and oxygen atoms in total. The number of aryl methyl sites for hydroxylation is 1. The number of aromatic nitrogens is 1. The molecule has 0 aliphatic heterocycles. The molecule has 0 amide bonds. The number of rotatable bonds is 6. The molecular weight excluding hydrogens is 324 g/mol. The minimum Gasteiger partial charge on any atom is -0.710 e. The van der Waals surface area contributed by atoms with Crippen LogP contribution in [-0.4, -0.2) is 26.2 Å². The van der Waals surface area contributed by atoms with Gasteiger partial charge in [-0.25, -0.2) is 4.73 Å². The summed E-state index contributed by atoms with van der Waals surface area (Å²) in [4.78, 5) is 2.03. The molecule has 0 radical (unpaired) electrons. The lowest BCUT2D eigenvalue weighted by Crippen LogP contribution is -2.41. The molecule has 0 bridgehead atoms. The van der Waals surface area contributed by atoms with E-state index in [1.807, 2.05) is 38.1 Å². The van der Waals surface area contributed by atoms with Gasteiger partial charge in [-0.15, -0.1) is 0 Å². The van der Waals surface area contributed by atoms with Gasteiger partial charge in [0, 0.05) is 38.4 Å². The van der Waals surface area contributed by atoms with E-state index in [1.54, 1.807) is 0 Å². The quantitative estimate of drug-likeness (QED) is 0.618. The standard InChI is InChI=1S/C21H30N4O/c1-16-13-20(24(2)3)14-21(25(16)26)23-19-11-9-18(10-12-19)22-15-17-7-5-4-6-8-17/h4-8,13-14,18-19,22-23H,9-12,15H2,1-3H3/t18-,19+. The van der Waals surface area contributed by atoms with Gasteiger partial charge in [-0.1, -0.05) is 30.3 Å². The van der Waals surface area contributed by atoms with E-state index in [0.717, 1.165) is 48.3 Å². The Morgan fingerprint density at radius 3 is 2.35 bits per heavy atom. The van der Waals surface area contributed by atoms with Gasteiger partial charge in [-0.05, 0) is 38.2 Å². The highest BCUT2D eigenvalue weighted by atomic mass is 16.5. The van der Waals surface area contributed by atoms with Gasteiger partial charge in [0.2, 0.25) is 0 Å². The Labute approximate surface area is 156 Å². The Hall–Kier alpha value is -2.27. The SMILES string of the molecule is Cc1cc(N(C)C)cc(N[C@H]2CC[C@@H](NCc3ccccc3)CC2)[n+]1[O-]. The third-order valence-corrected chi connectivity index (χ3v) is 5.21. The zero-order valence-electron chi connectivity index (χ0n) is 16.0. The molecule has 2 N–H and O–H groups in total. The van der Waals surface area contributed by atoms with Gasteiger partial charge < -0.3 is 15.4 Å². The van der Waals surface area contributed by atoms with Gasteiger partial charge in [0.05, 0.1) is 12.1 Å². The second kappa shape index (κ2) is 8.41. The first-order chi connectivity index (χ1) is 12.5. The monoisotopic (exact) mass is 354 g/mol. The first-order valence-electron chi connectivity index (χ1n) is 9.48. The maximum atomic E-state index is 12.4. The Balaban J connectivity index is 1.52. The molecule has 140 valence electrons. The lowest BCUT2D eigenvalue weighted by Gasteiger charge is -2.28. The van der Waals surface area contributed by atoms with Crippen LogP contribution < -0.4 is 20.3 Å². The Bertz CT molecular complexity index is 709. The van der Waals surface area contributed by atoms with Crippen molar-refractivity contribution in [2.75, 3.05) is 24.3 Å². The van der Waals surface area contributed by atoms with Gasteiger partial charge in [-0.3, -0.25) is 5.32 Å². The minimum atomic E-state index is 0.363. The van der Waals surface area contributed by atoms with E-state index in [1.165, 1.54) is 5.56 Å². The van der Waals surface area contributed by atoms with E-state index in [-0.39, 0.29) is 0 Å². The second-order valence-electron chi connectivity index (χ2n) is 7.49. The van der Waals surface area contributed by atoms with Crippen LogP contribution in [-0.2, 0) is 6.54 Å². The molecule has 2 aromatic rings. The van der Waals surface area contributed by atoms with Crippen molar-refractivity contribution in [1.82, 2.24) is 5.32 Å². The number of benzene rings is 1. The number of nitrogens with zero attached hydrogens (tertiary/aromatic N) is 2. The van der Waals surface area contributed by atoms with Crippen molar-refractivity contribution in [1.29, 1.82) is 0 Å². The van der Waals surface area contributed by atoms with Crippen molar-refractivity contribution in [3.05, 3.63) is 58.9 Å². The molecular formula is C21H30N4O. The van der Waals surface area contributed by atoms with Gasteiger partial charge in [0.25, 0.3) is 5.82 Å². The summed E-state index contributed by atoms with van der Waals surface area (Å²) in [6.45, 7) is 2.78. The lowest BCUT2D eigenvalue weighted by atomic mass is 9.91. The van der Waals surface area contributed by atoms with Gasteiger partial charge in [0.15, 0.2) is 0 Å². The third-order valence-electron chi connectivity index (χ3n) is 5.21. The molecule has 1 aliphatic carbocycles. The average molecular weight is 354 g/mol. The average Bonchev–Trinajstić information content (AvgIpc) is 2.65. The van der Waals surface area contributed by atoms with E-state index >= 15 is 0 Å². The molecule has 5 heteroatoms. The van der Waals surface area contributed by atoms with Crippen molar-refractivity contribution < 1.29 is 4.73 Å². The highest BCUT2D eigenvalue weighted by molar-refractivity contribution is 5.52. The van der Waals surface area contributed by atoms with Crippen molar-refractivity contribution in [2.45, 2.75) is 51.2 Å². The van der Waals surface area contributed by atoms with Gasteiger partial charge in [-0.2, -0.15) is 0 Å². The summed E-state index contributed by atoms with van der Waals surface area (Å²) < 4.78 is 1.01. The summed E-state index contributed by atoms with van der Waals surface area (Å²) in [5, 5.41) is 19.5. The van der Waals surface area contributed by atoms with Crippen LogP contribution in [0.25, 0.3) is 0 Å². The molecule has 1 aromatic heterocycles. The van der Waals surface area contributed by atoms with Gasteiger partial charge in [0.1, 0.15) is 5.69 Å². The minimum absolute atomic E-state index is 0.363. The van der Waals surface area contributed by atoms with Crippen LogP contribution in [0.5, 0.6) is 0 Å². The first-order valence-corrected chi connectivity index (χ1v) is 9.48. The zero-order chi connectivity index (χ0) is 18.5. The van der Waals surface area contributed by atoms with Crippen molar-refractivity contribution in [2.24, 2.45) is 0 Å². The van der Waals surface area contributed by atoms with Crippen LogP contribution in [0.2, 0.25) is 0 Å². The summed E-state index contributed by atoms with van der Waals surface area (Å²) in [7, 11) is 3.99. The van der Waals surface area contributed by atoms with Gasteiger partial charge >= 0.3 is 0 Å². The van der Waals surface area contributed by atoms with Crippen LogP contribution in [0.1, 0.15) is 36.9 Å². The molecule has 0 saturated heterocycles. The maximum Gasteiger partial charge on any atom is 0.279 e. The predicted octanol–water partition coefficient (Wildman–Crippen LogP) is 3.21. The van der Waals surface area contributed by atoms with Crippen molar-refractivity contribution in [3.63, 3.8) is 0 Å². The van der Waals surface area contributed by atoms with E-state index < -0.39 is 0 Å². The molecule has 0 spiro atoms. The molecule has 1 aromatic carbocycles. The number of hydrogen-bond acceptors (Lipinski definition) is 4. The second-order valence-corrected chi connectivity index (χ2v) is 7.49. The summed E-state index contributed by atoms with van der Waals surface area (Å²) in [6, 6.07) is 15.3. The molecule has 1 fully saturated rings. The summed E-state index contributed by atoms with van der Waals surface area (Å²) in [5.74, 6) is 0.661. The topological polar surface area (TPSA) is 54.2 Å². The first kappa shape index (κ1) is 18.5. The molecule has 1 heterocycles. The van der Waals surface area contributed by atoms with E-state index in [4.69, 9.17) is 0 Å². The molecule has 0 unspecified atom stereocenters. The molecule has 3 rings (SSSR count). The van der Waals surface area contributed by atoms with E-state index in [0.29, 0.717) is 17.9 Å². The number of pyridine rings is 1. The van der Waals surface area contributed by atoms with Crippen molar-refractivity contribution >= 4 is 11.5 Å². The highest BCUT2D eigenvalue weighted by Gasteiger charge is 2.25. The highest BCUT2D eigenvalue weighted by Crippen LogP contribution is 2.23. The predicted molar refractivity (Wildman–Crippen MR) is 107 cm³/mol. The van der Waals surface area contributed by atoms with Crippen molar-refractivity contribution in [3.8, 4) is 0 Å². The van der Waals surface area contributed by atoms with Crippen LogP contribution in [0.4, 0.5) is 11.5 Å². The zero-order valence-corrected chi connectivity index (χ0v) is 16.0. The number of hydrogen-bond donors (Lipinski definition) is 2. The Kier molecular flexibility index (Phi) is 5.99. The summed E-state index contributed by atoms with van der Waals surface area (Å²) in [5.41, 5.74) is 3.10. The summed E-state index contributed by atoms with van der Waals surface area (Å²) >= 11 is 0. The van der Waals surface area contributed by atoms with E-state index in [2.05, 4.69) is 41.0 Å². The van der Waals surface area contributed by atoms with Crippen LogP contribution in [0.15, 0.2) is 42.5 Å². The largest absolute Gasteiger partial charge is 0.710 e. The van der Waals surface area contributed by atoms with Crippen LogP contribution in [0.3, 0.4) is 0 Å². The Morgan fingerprint density at radius 2 is 1.69 bits per heavy atom.